The number of hydrogen-bond acceptors (Lipinski definition) is 1. The second kappa shape index (κ2) is 5.77. The number of benzene rings is 2. The van der Waals surface area contributed by atoms with Gasteiger partial charge in [-0.2, -0.15) is 0 Å². The van der Waals surface area contributed by atoms with Crippen molar-refractivity contribution in [3.63, 3.8) is 0 Å². The Kier molecular flexibility index (Phi) is 4.30. The molecule has 0 aromatic heterocycles. The Morgan fingerprint density at radius 3 is 1.95 bits per heavy atom. The van der Waals surface area contributed by atoms with E-state index in [2.05, 4.69) is 44.0 Å². The van der Waals surface area contributed by atoms with E-state index in [0.717, 1.165) is 25.8 Å². The molecule has 110 valence electrons. The Morgan fingerprint density at radius 2 is 1.43 bits per heavy atom. The molecule has 0 saturated heterocycles. The van der Waals surface area contributed by atoms with Crippen LogP contribution >= 0.6 is 55.1 Å². The molecule has 1 aliphatic carbocycles. The third-order valence-electron chi connectivity index (χ3n) is 3.77. The lowest BCUT2D eigenvalue weighted by Crippen LogP contribution is -1.91. The number of ether oxygens (including phenoxy) is 1. The summed E-state index contributed by atoms with van der Waals surface area (Å²) in [5.74, 6) is 1.01. The van der Waals surface area contributed by atoms with Crippen molar-refractivity contribution < 1.29 is 4.74 Å². The fourth-order valence-electron chi connectivity index (χ4n) is 2.72. The first-order valence-electron chi connectivity index (χ1n) is 6.41. The fourth-order valence-corrected chi connectivity index (χ4v) is 4.93. The van der Waals surface area contributed by atoms with Crippen LogP contribution in [0.1, 0.15) is 23.0 Å². The second-order valence-electron chi connectivity index (χ2n) is 5.11. The van der Waals surface area contributed by atoms with E-state index < -0.39 is 4.33 Å². The predicted molar refractivity (Wildman–Crippen MR) is 94.8 cm³/mol. The summed E-state index contributed by atoms with van der Waals surface area (Å²) in [7, 11) is 1.65. The highest BCUT2D eigenvalue weighted by molar-refractivity contribution is 9.11. The highest BCUT2D eigenvalue weighted by atomic mass is 79.9. The molecule has 21 heavy (non-hydrogen) atoms. The Hall–Kier alpha value is -0.220. The minimum atomic E-state index is -0.769. The summed E-state index contributed by atoms with van der Waals surface area (Å²) in [5.41, 5.74) is 2.25. The first kappa shape index (κ1) is 15.7. The predicted octanol–water partition coefficient (Wildman–Crippen LogP) is 6.28. The SMILES string of the molecule is COc1ccc([C@@H]2[C@@H](c3cc(Br)cc(Br)c3)C2(Cl)Cl)cc1. The van der Waals surface area contributed by atoms with E-state index in [0.29, 0.717) is 0 Å². The van der Waals surface area contributed by atoms with E-state index in [1.54, 1.807) is 7.11 Å². The lowest BCUT2D eigenvalue weighted by molar-refractivity contribution is 0.414. The minimum Gasteiger partial charge on any atom is -0.497 e. The third kappa shape index (κ3) is 2.98. The van der Waals surface area contributed by atoms with Crippen LogP contribution in [0.25, 0.3) is 0 Å². The van der Waals surface area contributed by atoms with E-state index in [1.165, 1.54) is 0 Å². The standard InChI is InChI=1S/C16H12Br2Cl2O/c1-21-13-4-2-9(3-5-13)14-15(16(14,19)20)10-6-11(17)8-12(18)7-10/h2-8,14-15H,1H3/t14-,15-/m1/s1. The van der Waals surface area contributed by atoms with Gasteiger partial charge in [0.1, 0.15) is 10.1 Å². The smallest absolute Gasteiger partial charge is 0.133 e. The highest BCUT2D eigenvalue weighted by Crippen LogP contribution is 2.70. The Morgan fingerprint density at radius 1 is 0.905 bits per heavy atom. The zero-order valence-corrected chi connectivity index (χ0v) is 15.8. The van der Waals surface area contributed by atoms with Crippen molar-refractivity contribution in [1.82, 2.24) is 0 Å². The van der Waals surface area contributed by atoms with Gasteiger partial charge < -0.3 is 4.74 Å². The minimum absolute atomic E-state index is 0.0861. The molecule has 2 aromatic carbocycles. The molecule has 0 aliphatic heterocycles. The van der Waals surface area contributed by atoms with E-state index in [4.69, 9.17) is 27.9 Å². The zero-order valence-electron chi connectivity index (χ0n) is 11.1. The van der Waals surface area contributed by atoms with Gasteiger partial charge in [-0.05, 0) is 41.5 Å². The zero-order chi connectivity index (χ0) is 15.2. The van der Waals surface area contributed by atoms with Crippen molar-refractivity contribution in [3.05, 3.63) is 62.5 Å². The molecule has 5 heteroatoms. The van der Waals surface area contributed by atoms with Crippen molar-refractivity contribution in [2.45, 2.75) is 16.2 Å². The molecule has 1 nitrogen and oxygen atoms in total. The number of hydrogen-bond donors (Lipinski definition) is 0. The van der Waals surface area contributed by atoms with Gasteiger partial charge in [0, 0.05) is 20.8 Å². The van der Waals surface area contributed by atoms with Gasteiger partial charge in [-0.25, -0.2) is 0 Å². The summed E-state index contributed by atoms with van der Waals surface area (Å²) in [6, 6.07) is 14.1. The molecular formula is C16H12Br2Cl2O. The quantitative estimate of drug-likeness (QED) is 0.500. The molecule has 0 N–H and O–H groups in total. The maximum Gasteiger partial charge on any atom is 0.133 e. The number of alkyl halides is 2. The monoisotopic (exact) mass is 448 g/mol. The topological polar surface area (TPSA) is 9.23 Å². The molecule has 0 bridgehead atoms. The summed E-state index contributed by atoms with van der Waals surface area (Å²) in [5, 5.41) is 0. The fraction of sp³-hybridized carbons (Fsp3) is 0.250. The normalized spacial score (nSPS) is 22.9. The maximum atomic E-state index is 6.52. The van der Waals surface area contributed by atoms with Crippen molar-refractivity contribution in [2.24, 2.45) is 0 Å². The Labute approximate surface area is 150 Å². The summed E-state index contributed by atoms with van der Waals surface area (Å²) in [6.07, 6.45) is 0. The van der Waals surface area contributed by atoms with E-state index in [-0.39, 0.29) is 11.8 Å². The summed E-state index contributed by atoms with van der Waals surface area (Å²) in [6.45, 7) is 0. The summed E-state index contributed by atoms with van der Waals surface area (Å²) < 4.78 is 6.44. The molecule has 0 spiro atoms. The number of rotatable bonds is 3. The van der Waals surface area contributed by atoms with Gasteiger partial charge in [0.15, 0.2) is 0 Å². The van der Waals surface area contributed by atoms with Gasteiger partial charge in [-0.15, -0.1) is 23.2 Å². The van der Waals surface area contributed by atoms with Gasteiger partial charge in [0.05, 0.1) is 7.11 Å². The van der Waals surface area contributed by atoms with Gasteiger partial charge in [-0.3, -0.25) is 0 Å². The largest absolute Gasteiger partial charge is 0.497 e. The Bertz CT molecular complexity index is 650. The van der Waals surface area contributed by atoms with Gasteiger partial charge in [0.25, 0.3) is 0 Å². The Balaban J connectivity index is 1.93. The molecule has 0 amide bonds. The van der Waals surface area contributed by atoms with E-state index in [1.807, 2.05) is 30.3 Å². The van der Waals surface area contributed by atoms with Crippen LogP contribution in [0.3, 0.4) is 0 Å². The number of halogens is 4. The van der Waals surface area contributed by atoms with Gasteiger partial charge in [0.2, 0.25) is 0 Å². The molecule has 3 rings (SSSR count). The van der Waals surface area contributed by atoms with Crippen LogP contribution in [-0.2, 0) is 0 Å². The van der Waals surface area contributed by atoms with Crippen LogP contribution in [0.5, 0.6) is 5.75 Å². The first-order chi connectivity index (χ1) is 9.93. The third-order valence-corrected chi connectivity index (χ3v) is 5.63. The molecule has 1 aliphatic rings. The second-order valence-corrected chi connectivity index (χ2v) is 8.38. The highest BCUT2D eigenvalue weighted by Gasteiger charge is 2.64. The molecule has 1 fully saturated rings. The molecule has 1 saturated carbocycles. The average Bonchev–Trinajstić information content (AvgIpc) is 3.00. The van der Waals surface area contributed by atoms with Crippen molar-refractivity contribution in [3.8, 4) is 5.75 Å². The molecule has 0 unspecified atom stereocenters. The van der Waals surface area contributed by atoms with Crippen LogP contribution in [0, 0.1) is 0 Å². The van der Waals surface area contributed by atoms with E-state index >= 15 is 0 Å². The lowest BCUT2D eigenvalue weighted by Gasteiger charge is -2.04. The number of methoxy groups -OCH3 is 1. The van der Waals surface area contributed by atoms with Crippen LogP contribution in [-0.4, -0.2) is 11.4 Å². The average molecular weight is 451 g/mol. The molecule has 0 heterocycles. The first-order valence-corrected chi connectivity index (χ1v) is 8.75. The van der Waals surface area contributed by atoms with Crippen LogP contribution in [0.2, 0.25) is 0 Å². The van der Waals surface area contributed by atoms with Gasteiger partial charge >= 0.3 is 0 Å². The van der Waals surface area contributed by atoms with E-state index in [9.17, 15) is 0 Å². The lowest BCUT2D eigenvalue weighted by atomic mass is 10.0. The molecule has 2 aromatic rings. The maximum absolute atomic E-state index is 6.52. The van der Waals surface area contributed by atoms with Crippen molar-refractivity contribution in [1.29, 1.82) is 0 Å². The van der Waals surface area contributed by atoms with Crippen LogP contribution in [0.15, 0.2) is 51.4 Å². The van der Waals surface area contributed by atoms with Crippen LogP contribution in [0.4, 0.5) is 0 Å². The summed E-state index contributed by atoms with van der Waals surface area (Å²) >= 11 is 20.1. The molecule has 2 atom stereocenters. The van der Waals surface area contributed by atoms with Crippen molar-refractivity contribution in [2.75, 3.05) is 7.11 Å². The molecule has 0 radical (unpaired) electrons. The summed E-state index contributed by atoms with van der Waals surface area (Å²) in [4.78, 5) is 0. The molecular weight excluding hydrogens is 439 g/mol. The van der Waals surface area contributed by atoms with Crippen LogP contribution < -0.4 is 4.74 Å². The van der Waals surface area contributed by atoms with Gasteiger partial charge in [-0.1, -0.05) is 44.0 Å². The van der Waals surface area contributed by atoms with Crippen molar-refractivity contribution >= 4 is 55.1 Å².